The van der Waals surface area contributed by atoms with Gasteiger partial charge in [0, 0.05) is 6.20 Å². The SMILES string of the molecule is O=Cc1nc2c(Br)cccn2c1CC(F)(F)F. The first-order valence-corrected chi connectivity index (χ1v) is 5.39. The summed E-state index contributed by atoms with van der Waals surface area (Å²) in [6.07, 6.45) is -3.78. The highest BCUT2D eigenvalue weighted by molar-refractivity contribution is 9.10. The molecule has 0 atom stereocenters. The monoisotopic (exact) mass is 306 g/mol. The minimum atomic E-state index is -4.38. The normalized spacial score (nSPS) is 12.0. The number of aldehydes is 1. The molecule has 7 heteroatoms. The molecule has 2 heterocycles. The average Bonchev–Trinajstić information content (AvgIpc) is 2.56. The van der Waals surface area contributed by atoms with Crippen LogP contribution in [0.25, 0.3) is 5.65 Å². The van der Waals surface area contributed by atoms with E-state index >= 15 is 0 Å². The van der Waals surface area contributed by atoms with E-state index in [1.807, 2.05) is 0 Å². The van der Waals surface area contributed by atoms with Crippen molar-refractivity contribution < 1.29 is 18.0 Å². The van der Waals surface area contributed by atoms with E-state index in [2.05, 4.69) is 20.9 Å². The second-order valence-corrected chi connectivity index (χ2v) is 4.26. The Balaban J connectivity index is 2.67. The number of hydrogen-bond donors (Lipinski definition) is 0. The Bertz CT molecular complexity index is 577. The lowest BCUT2D eigenvalue weighted by atomic mass is 10.2. The molecule has 0 N–H and O–H groups in total. The number of carbonyl (C=O) groups excluding carboxylic acids is 1. The number of nitrogens with zero attached hydrogens (tertiary/aromatic N) is 2. The zero-order valence-electron chi connectivity index (χ0n) is 8.33. The Morgan fingerprint density at radius 2 is 2.18 bits per heavy atom. The Morgan fingerprint density at radius 1 is 1.47 bits per heavy atom. The molecular formula is C10H6BrF3N2O. The number of pyridine rings is 1. The number of fused-ring (bicyclic) bond motifs is 1. The van der Waals surface area contributed by atoms with E-state index in [9.17, 15) is 18.0 Å². The molecule has 0 spiro atoms. The first-order valence-electron chi connectivity index (χ1n) is 4.60. The third-order valence-corrected chi connectivity index (χ3v) is 2.83. The third-order valence-electron chi connectivity index (χ3n) is 2.21. The first kappa shape index (κ1) is 12.1. The molecule has 0 aliphatic heterocycles. The summed E-state index contributed by atoms with van der Waals surface area (Å²) >= 11 is 3.17. The summed E-state index contributed by atoms with van der Waals surface area (Å²) in [5.41, 5.74) is -0.0353. The van der Waals surface area contributed by atoms with Crippen molar-refractivity contribution in [3.8, 4) is 0 Å². The minimum Gasteiger partial charge on any atom is -0.302 e. The van der Waals surface area contributed by atoms with Gasteiger partial charge < -0.3 is 4.40 Å². The fraction of sp³-hybridized carbons (Fsp3) is 0.200. The van der Waals surface area contributed by atoms with Crippen molar-refractivity contribution in [3.63, 3.8) is 0 Å². The topological polar surface area (TPSA) is 34.4 Å². The van der Waals surface area contributed by atoms with Crippen LogP contribution >= 0.6 is 15.9 Å². The van der Waals surface area contributed by atoms with Gasteiger partial charge in [0.25, 0.3) is 0 Å². The van der Waals surface area contributed by atoms with Crippen LogP contribution in [-0.4, -0.2) is 21.8 Å². The van der Waals surface area contributed by atoms with E-state index in [-0.39, 0.29) is 11.4 Å². The van der Waals surface area contributed by atoms with E-state index < -0.39 is 12.6 Å². The van der Waals surface area contributed by atoms with Crippen LogP contribution in [0.3, 0.4) is 0 Å². The lowest BCUT2D eigenvalue weighted by Gasteiger charge is -2.06. The van der Waals surface area contributed by atoms with Crippen molar-refractivity contribution in [3.05, 3.63) is 34.2 Å². The predicted molar refractivity (Wildman–Crippen MR) is 58.0 cm³/mol. The lowest BCUT2D eigenvalue weighted by molar-refractivity contribution is -0.128. The zero-order chi connectivity index (χ0) is 12.6. The maximum absolute atomic E-state index is 12.4. The predicted octanol–water partition coefficient (Wildman–Crippen LogP) is 3.01. The Labute approximate surface area is 102 Å². The van der Waals surface area contributed by atoms with Crippen LogP contribution in [0, 0.1) is 0 Å². The van der Waals surface area contributed by atoms with Crippen molar-refractivity contribution in [2.75, 3.05) is 0 Å². The van der Waals surface area contributed by atoms with Crippen LogP contribution in [0.15, 0.2) is 22.8 Å². The van der Waals surface area contributed by atoms with Crippen LogP contribution in [0.5, 0.6) is 0 Å². The number of imidazole rings is 1. The smallest absolute Gasteiger partial charge is 0.302 e. The van der Waals surface area contributed by atoms with Crippen molar-refractivity contribution in [1.82, 2.24) is 9.38 Å². The van der Waals surface area contributed by atoms with Gasteiger partial charge in [0.1, 0.15) is 5.69 Å². The molecule has 0 radical (unpaired) electrons. The van der Waals surface area contributed by atoms with Crippen molar-refractivity contribution in [1.29, 1.82) is 0 Å². The molecule has 90 valence electrons. The molecule has 0 aliphatic rings. The molecule has 0 amide bonds. The van der Waals surface area contributed by atoms with Gasteiger partial charge in [0.05, 0.1) is 16.6 Å². The second kappa shape index (κ2) is 4.14. The Morgan fingerprint density at radius 3 is 2.76 bits per heavy atom. The van der Waals surface area contributed by atoms with E-state index in [0.717, 1.165) is 0 Å². The van der Waals surface area contributed by atoms with E-state index in [1.54, 1.807) is 12.1 Å². The highest BCUT2D eigenvalue weighted by Crippen LogP contribution is 2.26. The molecule has 0 saturated heterocycles. The molecule has 0 saturated carbocycles. The number of alkyl halides is 3. The highest BCUT2D eigenvalue weighted by atomic mass is 79.9. The summed E-state index contributed by atoms with van der Waals surface area (Å²) < 4.78 is 39.0. The van der Waals surface area contributed by atoms with Crippen LogP contribution in [0.1, 0.15) is 16.2 Å². The van der Waals surface area contributed by atoms with Crippen LogP contribution in [0.2, 0.25) is 0 Å². The molecule has 2 rings (SSSR count). The standard InChI is InChI=1S/C10H6BrF3N2O/c11-6-2-1-3-16-8(4-10(12,13)14)7(5-17)15-9(6)16/h1-3,5H,4H2. The third kappa shape index (κ3) is 2.33. The fourth-order valence-corrected chi connectivity index (χ4v) is 1.99. The van der Waals surface area contributed by atoms with Gasteiger partial charge in [-0.25, -0.2) is 4.98 Å². The van der Waals surface area contributed by atoms with E-state index in [4.69, 9.17) is 0 Å². The van der Waals surface area contributed by atoms with Gasteiger partial charge in [-0.15, -0.1) is 0 Å². The van der Waals surface area contributed by atoms with Crippen LogP contribution < -0.4 is 0 Å². The maximum atomic E-state index is 12.4. The second-order valence-electron chi connectivity index (χ2n) is 3.40. The van der Waals surface area contributed by atoms with Gasteiger partial charge in [-0.1, -0.05) is 0 Å². The van der Waals surface area contributed by atoms with Gasteiger partial charge in [-0.05, 0) is 28.1 Å². The Kier molecular flexibility index (Phi) is 2.94. The van der Waals surface area contributed by atoms with Crippen LogP contribution in [0.4, 0.5) is 13.2 Å². The van der Waals surface area contributed by atoms with Gasteiger partial charge in [0.2, 0.25) is 0 Å². The molecule has 3 nitrogen and oxygen atoms in total. The van der Waals surface area contributed by atoms with Crippen molar-refractivity contribution in [2.45, 2.75) is 12.6 Å². The van der Waals surface area contributed by atoms with E-state index in [0.29, 0.717) is 16.4 Å². The van der Waals surface area contributed by atoms with Crippen LogP contribution in [-0.2, 0) is 6.42 Å². The van der Waals surface area contributed by atoms with Gasteiger partial charge >= 0.3 is 6.18 Å². The summed E-state index contributed by atoms with van der Waals surface area (Å²) in [7, 11) is 0. The molecule has 0 unspecified atom stereocenters. The molecular weight excluding hydrogens is 301 g/mol. The Hall–Kier alpha value is -1.37. The minimum absolute atomic E-state index is 0.149. The van der Waals surface area contributed by atoms with Crippen molar-refractivity contribution >= 4 is 27.9 Å². The number of halogens is 4. The van der Waals surface area contributed by atoms with Crippen molar-refractivity contribution in [2.24, 2.45) is 0 Å². The largest absolute Gasteiger partial charge is 0.394 e. The maximum Gasteiger partial charge on any atom is 0.394 e. The number of rotatable bonds is 2. The van der Waals surface area contributed by atoms with Gasteiger partial charge in [0.15, 0.2) is 11.9 Å². The number of carbonyl (C=O) groups is 1. The summed E-state index contributed by atoms with van der Waals surface area (Å²) in [5.74, 6) is 0. The lowest BCUT2D eigenvalue weighted by Crippen LogP contribution is -2.14. The summed E-state index contributed by atoms with van der Waals surface area (Å²) in [5, 5.41) is 0. The molecule has 0 aromatic carbocycles. The molecule has 2 aromatic rings. The molecule has 0 fully saturated rings. The number of hydrogen-bond acceptors (Lipinski definition) is 2. The quantitative estimate of drug-likeness (QED) is 0.799. The van der Waals surface area contributed by atoms with E-state index in [1.165, 1.54) is 10.6 Å². The summed E-state index contributed by atoms with van der Waals surface area (Å²) in [6, 6.07) is 3.22. The molecule has 2 aromatic heterocycles. The molecule has 0 aliphatic carbocycles. The molecule has 0 bridgehead atoms. The molecule has 17 heavy (non-hydrogen) atoms. The first-order chi connectivity index (χ1) is 7.92. The fourth-order valence-electron chi connectivity index (χ4n) is 1.56. The van der Waals surface area contributed by atoms with Gasteiger partial charge in [-0.2, -0.15) is 13.2 Å². The highest BCUT2D eigenvalue weighted by Gasteiger charge is 2.31. The zero-order valence-corrected chi connectivity index (χ0v) is 9.92. The summed E-state index contributed by atoms with van der Waals surface area (Å²) in [6.45, 7) is 0. The average molecular weight is 307 g/mol. The number of aromatic nitrogens is 2. The van der Waals surface area contributed by atoms with Gasteiger partial charge in [-0.3, -0.25) is 4.79 Å². The summed E-state index contributed by atoms with van der Waals surface area (Å²) in [4.78, 5) is 14.6.